The van der Waals surface area contributed by atoms with Gasteiger partial charge < -0.3 is 0 Å². The van der Waals surface area contributed by atoms with Gasteiger partial charge in [-0.1, -0.05) is 13.8 Å². The fourth-order valence-corrected chi connectivity index (χ4v) is 10.5. The monoisotopic (exact) mass is 322 g/mol. The van der Waals surface area contributed by atoms with Crippen molar-refractivity contribution in [2.75, 3.05) is 5.75 Å². The zero-order valence-corrected chi connectivity index (χ0v) is 15.0. The molecule has 1 aliphatic heterocycles. The van der Waals surface area contributed by atoms with E-state index in [1.165, 1.54) is 19.3 Å². The summed E-state index contributed by atoms with van der Waals surface area (Å²) in [7, 11) is -2.86. The molecule has 124 valence electrons. The summed E-state index contributed by atoms with van der Waals surface area (Å²) in [5, 5.41) is 0. The molecule has 2 nitrogen and oxygen atoms in total. The first kappa shape index (κ1) is 14.3. The van der Waals surface area contributed by atoms with E-state index in [0.717, 1.165) is 60.2 Å². The fourth-order valence-electron chi connectivity index (χ4n) is 8.35. The molecular formula is C19H30O2S. The second-order valence-corrected chi connectivity index (χ2v) is 12.2. The average molecular weight is 323 g/mol. The second-order valence-electron chi connectivity index (χ2n) is 9.67. The van der Waals surface area contributed by atoms with Crippen LogP contribution in [0.15, 0.2) is 0 Å². The molecule has 0 aromatic rings. The third-order valence-electron chi connectivity index (χ3n) is 9.43. The van der Waals surface area contributed by atoms with Crippen LogP contribution in [-0.4, -0.2) is 18.9 Å². The van der Waals surface area contributed by atoms with Crippen LogP contribution in [0, 0.1) is 53.3 Å². The molecule has 10 unspecified atom stereocenters. The summed E-state index contributed by atoms with van der Waals surface area (Å²) < 4.78 is 25.0. The maximum atomic E-state index is 12.7. The molecule has 3 heteroatoms. The minimum atomic E-state index is -2.86. The average Bonchev–Trinajstić information content (AvgIpc) is 3.20. The van der Waals surface area contributed by atoms with Gasteiger partial charge in [0.1, 0.15) is 0 Å². The Morgan fingerprint density at radius 2 is 1.59 bits per heavy atom. The molecule has 22 heavy (non-hydrogen) atoms. The molecule has 10 atom stereocenters. The first-order chi connectivity index (χ1) is 10.3. The topological polar surface area (TPSA) is 34.1 Å². The lowest BCUT2D eigenvalue weighted by molar-refractivity contribution is 0.0360. The molecule has 5 fully saturated rings. The summed E-state index contributed by atoms with van der Waals surface area (Å²) >= 11 is 0. The smallest absolute Gasteiger partial charge is 0.156 e. The number of hydrogen-bond acceptors (Lipinski definition) is 2. The molecule has 0 aromatic heterocycles. The van der Waals surface area contributed by atoms with Crippen LogP contribution in [-0.2, 0) is 9.84 Å². The first-order valence-electron chi connectivity index (χ1n) is 9.57. The Bertz CT molecular complexity index is 611. The van der Waals surface area contributed by atoms with Crippen molar-refractivity contribution in [3.8, 4) is 0 Å². The Morgan fingerprint density at radius 1 is 0.909 bits per heavy atom. The van der Waals surface area contributed by atoms with E-state index in [2.05, 4.69) is 20.8 Å². The molecule has 1 saturated heterocycles. The van der Waals surface area contributed by atoms with Gasteiger partial charge in [0.25, 0.3) is 0 Å². The van der Waals surface area contributed by atoms with E-state index in [1.54, 1.807) is 0 Å². The summed E-state index contributed by atoms with van der Waals surface area (Å²) in [6.45, 7) is 7.06. The molecule has 5 rings (SSSR count). The maximum Gasteiger partial charge on any atom is 0.156 e. The highest BCUT2D eigenvalue weighted by molar-refractivity contribution is 7.93. The highest BCUT2D eigenvalue weighted by Crippen LogP contribution is 2.73. The van der Waals surface area contributed by atoms with Crippen molar-refractivity contribution in [1.82, 2.24) is 0 Å². The van der Waals surface area contributed by atoms with E-state index in [0.29, 0.717) is 11.7 Å². The van der Waals surface area contributed by atoms with Crippen LogP contribution < -0.4 is 0 Å². The highest BCUT2D eigenvalue weighted by Gasteiger charge is 2.69. The molecule has 5 aliphatic rings. The number of sulfone groups is 1. The molecule has 0 N–H and O–H groups in total. The standard InChI is InChI=1S/C19H30O2S/c1-10-11(2)14-9-13(10)17-12-7-15(18(14)17)16(8-12)19(3)5-4-6-22(19,20)21/h10-18H,4-9H2,1-3H3. The van der Waals surface area contributed by atoms with E-state index in [9.17, 15) is 8.42 Å². The van der Waals surface area contributed by atoms with Gasteiger partial charge in [-0.15, -0.1) is 0 Å². The van der Waals surface area contributed by atoms with Gasteiger partial charge in [0.2, 0.25) is 0 Å². The van der Waals surface area contributed by atoms with Crippen molar-refractivity contribution >= 4 is 9.84 Å². The summed E-state index contributed by atoms with van der Waals surface area (Å²) in [6, 6.07) is 0. The lowest BCUT2D eigenvalue weighted by atomic mass is 9.60. The summed E-state index contributed by atoms with van der Waals surface area (Å²) in [5.74, 6) is 8.03. The van der Waals surface area contributed by atoms with Gasteiger partial charge in [0.05, 0.1) is 10.5 Å². The molecular weight excluding hydrogens is 292 g/mol. The van der Waals surface area contributed by atoms with Gasteiger partial charge in [-0.3, -0.25) is 0 Å². The van der Waals surface area contributed by atoms with Crippen LogP contribution >= 0.6 is 0 Å². The third-order valence-corrected chi connectivity index (χ3v) is 12.2. The summed E-state index contributed by atoms with van der Waals surface area (Å²) in [4.78, 5) is 0. The zero-order valence-electron chi connectivity index (χ0n) is 14.2. The second kappa shape index (κ2) is 4.13. The van der Waals surface area contributed by atoms with Crippen LogP contribution in [0.25, 0.3) is 0 Å². The van der Waals surface area contributed by atoms with Crippen molar-refractivity contribution < 1.29 is 8.42 Å². The van der Waals surface area contributed by atoms with Crippen LogP contribution in [0.2, 0.25) is 0 Å². The summed E-state index contributed by atoms with van der Waals surface area (Å²) in [6.07, 6.45) is 5.88. The zero-order chi connectivity index (χ0) is 15.4. The van der Waals surface area contributed by atoms with Gasteiger partial charge in [0.15, 0.2) is 9.84 Å². The first-order valence-corrected chi connectivity index (χ1v) is 11.2. The molecule has 0 spiro atoms. The van der Waals surface area contributed by atoms with Crippen molar-refractivity contribution in [1.29, 1.82) is 0 Å². The van der Waals surface area contributed by atoms with Gasteiger partial charge >= 0.3 is 0 Å². The van der Waals surface area contributed by atoms with E-state index >= 15 is 0 Å². The predicted molar refractivity (Wildman–Crippen MR) is 88.0 cm³/mol. The molecule has 0 amide bonds. The lowest BCUT2D eigenvalue weighted by Gasteiger charge is -2.47. The Labute approximate surface area is 135 Å². The molecule has 4 bridgehead atoms. The minimum Gasteiger partial charge on any atom is -0.228 e. The van der Waals surface area contributed by atoms with E-state index in [-0.39, 0.29) is 4.75 Å². The number of rotatable bonds is 1. The molecule has 1 heterocycles. The van der Waals surface area contributed by atoms with Crippen LogP contribution in [0.3, 0.4) is 0 Å². The number of hydrogen-bond donors (Lipinski definition) is 0. The van der Waals surface area contributed by atoms with Gasteiger partial charge in [-0.25, -0.2) is 8.42 Å². The molecule has 4 aliphatic carbocycles. The molecule has 0 radical (unpaired) electrons. The Morgan fingerprint density at radius 3 is 2.23 bits per heavy atom. The highest BCUT2D eigenvalue weighted by atomic mass is 32.2. The summed E-state index contributed by atoms with van der Waals surface area (Å²) in [5.41, 5.74) is 0. The Hall–Kier alpha value is -0.0500. The van der Waals surface area contributed by atoms with Crippen molar-refractivity contribution in [3.63, 3.8) is 0 Å². The van der Waals surface area contributed by atoms with Crippen molar-refractivity contribution in [2.45, 2.75) is 57.6 Å². The van der Waals surface area contributed by atoms with Crippen LogP contribution in [0.4, 0.5) is 0 Å². The van der Waals surface area contributed by atoms with Gasteiger partial charge in [-0.2, -0.15) is 0 Å². The largest absolute Gasteiger partial charge is 0.228 e. The molecule has 0 aromatic carbocycles. The fraction of sp³-hybridized carbons (Fsp3) is 1.00. The van der Waals surface area contributed by atoms with Gasteiger partial charge in [-0.05, 0) is 92.3 Å². The van der Waals surface area contributed by atoms with E-state index < -0.39 is 9.84 Å². The Kier molecular flexibility index (Phi) is 2.68. The lowest BCUT2D eigenvalue weighted by Crippen LogP contribution is -2.48. The third kappa shape index (κ3) is 1.42. The van der Waals surface area contributed by atoms with E-state index in [1.807, 2.05) is 0 Å². The van der Waals surface area contributed by atoms with Crippen LogP contribution in [0.1, 0.15) is 52.9 Å². The minimum absolute atomic E-state index is 0.381. The van der Waals surface area contributed by atoms with E-state index in [4.69, 9.17) is 0 Å². The van der Waals surface area contributed by atoms with Crippen molar-refractivity contribution in [3.05, 3.63) is 0 Å². The van der Waals surface area contributed by atoms with Crippen LogP contribution in [0.5, 0.6) is 0 Å². The van der Waals surface area contributed by atoms with Crippen molar-refractivity contribution in [2.24, 2.45) is 53.3 Å². The SMILES string of the molecule is CC1C(C)C2CC1C1C3CC(C21)C(C1(C)CCCS1(=O)=O)C3. The number of fused-ring (bicyclic) bond motifs is 9. The Balaban J connectivity index is 1.50. The quantitative estimate of drug-likeness (QED) is 0.689. The molecule has 4 saturated carbocycles. The normalized spacial score (nSPS) is 64.4. The predicted octanol–water partition coefficient (Wildman–Crippen LogP) is 3.76. The maximum absolute atomic E-state index is 12.7. The van der Waals surface area contributed by atoms with Gasteiger partial charge in [0, 0.05) is 0 Å².